The van der Waals surface area contributed by atoms with Crippen LogP contribution in [0.25, 0.3) is 0 Å². The normalized spacial score (nSPS) is 21.2. The Bertz CT molecular complexity index is 526. The molecule has 0 unspecified atom stereocenters. The average Bonchev–Trinajstić information content (AvgIpc) is 2.60. The van der Waals surface area contributed by atoms with Crippen molar-refractivity contribution < 1.29 is 17.9 Å². The number of hydrogen-bond donors (Lipinski definition) is 1. The standard InChI is InChI=1S/C16H32N4O4S/c1-14(2)18-6-3-15(4-7-18)20(25(22,23)12-5-17)13-16(21)19-8-10-24-11-9-19/h14-15H,3-13,17H2,1-2H3. The number of nitrogens with zero attached hydrogens (tertiary/aromatic N) is 3. The third-order valence-electron chi connectivity index (χ3n) is 5.02. The summed E-state index contributed by atoms with van der Waals surface area (Å²) >= 11 is 0. The summed E-state index contributed by atoms with van der Waals surface area (Å²) in [4.78, 5) is 16.6. The van der Waals surface area contributed by atoms with Gasteiger partial charge in [-0.25, -0.2) is 8.42 Å². The third-order valence-corrected chi connectivity index (χ3v) is 6.92. The SMILES string of the molecule is CC(C)N1CCC(N(CC(=O)N2CCOCC2)S(=O)(=O)CCN)CC1. The Labute approximate surface area is 151 Å². The zero-order valence-electron chi connectivity index (χ0n) is 15.4. The van der Waals surface area contributed by atoms with Crippen LogP contribution < -0.4 is 5.73 Å². The largest absolute Gasteiger partial charge is 0.378 e. The first-order valence-electron chi connectivity index (χ1n) is 9.14. The van der Waals surface area contributed by atoms with Crippen LogP contribution in [0.2, 0.25) is 0 Å². The van der Waals surface area contributed by atoms with E-state index in [0.717, 1.165) is 25.9 Å². The molecule has 2 rings (SSSR count). The molecule has 0 radical (unpaired) electrons. The number of nitrogens with two attached hydrogens (primary N) is 1. The molecule has 0 aromatic rings. The van der Waals surface area contributed by atoms with Crippen molar-refractivity contribution in [3.8, 4) is 0 Å². The highest BCUT2D eigenvalue weighted by Gasteiger charge is 2.35. The monoisotopic (exact) mass is 376 g/mol. The lowest BCUT2D eigenvalue weighted by molar-refractivity contribution is -0.135. The predicted octanol–water partition coefficient (Wildman–Crippen LogP) is -0.691. The second kappa shape index (κ2) is 9.27. The lowest BCUT2D eigenvalue weighted by atomic mass is 10.0. The number of carbonyl (C=O) groups excluding carboxylic acids is 1. The van der Waals surface area contributed by atoms with Crippen LogP contribution in [0.15, 0.2) is 0 Å². The van der Waals surface area contributed by atoms with E-state index in [1.54, 1.807) is 4.90 Å². The van der Waals surface area contributed by atoms with E-state index in [4.69, 9.17) is 10.5 Å². The van der Waals surface area contributed by atoms with E-state index in [2.05, 4.69) is 18.7 Å². The Morgan fingerprint density at radius 2 is 1.80 bits per heavy atom. The number of ether oxygens (including phenoxy) is 1. The van der Waals surface area contributed by atoms with Gasteiger partial charge < -0.3 is 20.3 Å². The topological polar surface area (TPSA) is 96.2 Å². The first-order valence-corrected chi connectivity index (χ1v) is 10.7. The Balaban J connectivity index is 2.07. The second-order valence-electron chi connectivity index (χ2n) is 7.00. The summed E-state index contributed by atoms with van der Waals surface area (Å²) in [5, 5.41) is 0. The van der Waals surface area contributed by atoms with Crippen molar-refractivity contribution >= 4 is 15.9 Å². The minimum atomic E-state index is -3.53. The van der Waals surface area contributed by atoms with Crippen molar-refractivity contribution in [2.24, 2.45) is 5.73 Å². The van der Waals surface area contributed by atoms with Crippen LogP contribution in [0.3, 0.4) is 0 Å². The van der Waals surface area contributed by atoms with E-state index in [1.807, 2.05) is 0 Å². The molecular formula is C16H32N4O4S. The predicted molar refractivity (Wildman–Crippen MR) is 96.7 cm³/mol. The number of amides is 1. The molecule has 0 bridgehead atoms. The van der Waals surface area contributed by atoms with Crippen LogP contribution >= 0.6 is 0 Å². The summed E-state index contributed by atoms with van der Waals surface area (Å²) in [6.45, 7) is 8.03. The zero-order valence-corrected chi connectivity index (χ0v) is 16.2. The Morgan fingerprint density at radius 1 is 1.20 bits per heavy atom. The summed E-state index contributed by atoms with van der Waals surface area (Å²) in [6.07, 6.45) is 1.50. The van der Waals surface area contributed by atoms with Crippen molar-refractivity contribution in [1.29, 1.82) is 0 Å². The van der Waals surface area contributed by atoms with Gasteiger partial charge in [-0.2, -0.15) is 4.31 Å². The molecule has 0 spiro atoms. The number of carbonyl (C=O) groups is 1. The molecule has 1 amide bonds. The molecule has 9 heteroatoms. The van der Waals surface area contributed by atoms with E-state index in [-0.39, 0.29) is 30.8 Å². The molecule has 146 valence electrons. The lowest BCUT2D eigenvalue weighted by Crippen LogP contribution is -2.54. The highest BCUT2D eigenvalue weighted by Crippen LogP contribution is 2.21. The van der Waals surface area contributed by atoms with E-state index in [0.29, 0.717) is 32.3 Å². The number of hydrogen-bond acceptors (Lipinski definition) is 6. The molecule has 0 atom stereocenters. The summed E-state index contributed by atoms with van der Waals surface area (Å²) in [5.74, 6) is -0.261. The van der Waals surface area contributed by atoms with E-state index in [1.165, 1.54) is 4.31 Å². The van der Waals surface area contributed by atoms with Crippen LogP contribution in [0.1, 0.15) is 26.7 Å². The fourth-order valence-corrected chi connectivity index (χ4v) is 4.96. The van der Waals surface area contributed by atoms with Crippen LogP contribution in [-0.4, -0.2) is 98.7 Å². The smallest absolute Gasteiger partial charge is 0.238 e. The minimum Gasteiger partial charge on any atom is -0.378 e. The van der Waals surface area contributed by atoms with Gasteiger partial charge in [0, 0.05) is 31.7 Å². The minimum absolute atomic E-state index is 0.0649. The molecule has 25 heavy (non-hydrogen) atoms. The van der Waals surface area contributed by atoms with Crippen molar-refractivity contribution in [1.82, 2.24) is 14.1 Å². The third kappa shape index (κ3) is 5.62. The van der Waals surface area contributed by atoms with E-state index >= 15 is 0 Å². The first kappa shape index (κ1) is 20.6. The van der Waals surface area contributed by atoms with Gasteiger partial charge in [0.2, 0.25) is 15.9 Å². The summed E-state index contributed by atoms with van der Waals surface area (Å²) in [7, 11) is -3.53. The maximum Gasteiger partial charge on any atom is 0.238 e. The molecule has 2 N–H and O–H groups in total. The Kier molecular flexibility index (Phi) is 7.63. The van der Waals surface area contributed by atoms with Gasteiger partial charge in [0.25, 0.3) is 0 Å². The van der Waals surface area contributed by atoms with Crippen LogP contribution in [0.5, 0.6) is 0 Å². The summed E-state index contributed by atoms with van der Waals surface area (Å²) in [5.41, 5.74) is 5.49. The summed E-state index contributed by atoms with van der Waals surface area (Å²) in [6, 6.07) is 0.321. The van der Waals surface area contributed by atoms with Gasteiger partial charge in [-0.1, -0.05) is 0 Å². The maximum atomic E-state index is 12.7. The molecule has 0 saturated carbocycles. The molecule has 0 aromatic carbocycles. The van der Waals surface area contributed by atoms with Gasteiger partial charge in [-0.15, -0.1) is 0 Å². The Hall–Kier alpha value is -0.740. The summed E-state index contributed by atoms with van der Waals surface area (Å²) < 4.78 is 32.1. The second-order valence-corrected chi connectivity index (χ2v) is 9.05. The molecule has 2 aliphatic heterocycles. The number of piperidine rings is 1. The quantitative estimate of drug-likeness (QED) is 0.632. The van der Waals surface area contributed by atoms with Gasteiger partial charge in [-0.05, 0) is 39.8 Å². The van der Waals surface area contributed by atoms with Crippen molar-refractivity contribution in [2.45, 2.75) is 38.8 Å². The number of rotatable bonds is 7. The highest BCUT2D eigenvalue weighted by molar-refractivity contribution is 7.89. The van der Waals surface area contributed by atoms with Gasteiger partial charge in [0.15, 0.2) is 0 Å². The van der Waals surface area contributed by atoms with Crippen molar-refractivity contribution in [3.63, 3.8) is 0 Å². The van der Waals surface area contributed by atoms with E-state index < -0.39 is 10.0 Å². The number of sulfonamides is 1. The fourth-order valence-electron chi connectivity index (χ4n) is 3.46. The molecule has 8 nitrogen and oxygen atoms in total. The van der Waals surface area contributed by atoms with Crippen LogP contribution in [0.4, 0.5) is 0 Å². The molecule has 0 aromatic heterocycles. The molecule has 2 aliphatic rings. The van der Waals surface area contributed by atoms with Gasteiger partial charge in [0.1, 0.15) is 0 Å². The van der Waals surface area contributed by atoms with Crippen LogP contribution in [0, 0.1) is 0 Å². The van der Waals surface area contributed by atoms with E-state index in [9.17, 15) is 13.2 Å². The van der Waals surface area contributed by atoms with Gasteiger partial charge >= 0.3 is 0 Å². The molecule has 2 heterocycles. The highest BCUT2D eigenvalue weighted by atomic mass is 32.2. The zero-order chi connectivity index (χ0) is 18.4. The lowest BCUT2D eigenvalue weighted by Gasteiger charge is -2.39. The van der Waals surface area contributed by atoms with Gasteiger partial charge in [0.05, 0.1) is 25.5 Å². The molecule has 2 fully saturated rings. The first-order chi connectivity index (χ1) is 11.8. The van der Waals surface area contributed by atoms with Gasteiger partial charge in [-0.3, -0.25) is 4.79 Å². The molecule has 2 saturated heterocycles. The molecular weight excluding hydrogens is 344 g/mol. The van der Waals surface area contributed by atoms with Crippen molar-refractivity contribution in [2.75, 3.05) is 58.2 Å². The molecule has 0 aliphatic carbocycles. The average molecular weight is 377 g/mol. The van der Waals surface area contributed by atoms with Crippen molar-refractivity contribution in [3.05, 3.63) is 0 Å². The number of morpholine rings is 1. The van der Waals surface area contributed by atoms with Crippen LogP contribution in [-0.2, 0) is 19.6 Å². The maximum absolute atomic E-state index is 12.7. The fraction of sp³-hybridized carbons (Fsp3) is 0.938. The Morgan fingerprint density at radius 3 is 2.32 bits per heavy atom. The number of likely N-dealkylation sites (tertiary alicyclic amines) is 1.